The Hall–Kier alpha value is -3.82. The predicted molar refractivity (Wildman–Crippen MR) is 115 cm³/mol. The molecule has 0 aliphatic heterocycles. The fourth-order valence-electron chi connectivity index (χ4n) is 4.42. The van der Waals surface area contributed by atoms with Gasteiger partial charge in [0.15, 0.2) is 5.65 Å². The van der Waals surface area contributed by atoms with E-state index >= 15 is 4.39 Å². The summed E-state index contributed by atoms with van der Waals surface area (Å²) in [5.74, 6) is -1.67. The normalized spacial score (nSPS) is 14.7. The van der Waals surface area contributed by atoms with Crippen molar-refractivity contribution < 1.29 is 22.0 Å². The van der Waals surface area contributed by atoms with E-state index in [9.17, 15) is 17.6 Å². The first-order chi connectivity index (χ1) is 16.3. The molecule has 5 nitrogen and oxygen atoms in total. The second-order valence-electron chi connectivity index (χ2n) is 8.42. The first kappa shape index (κ1) is 20.8. The second kappa shape index (κ2) is 7.34. The van der Waals surface area contributed by atoms with E-state index in [2.05, 4.69) is 15.2 Å². The number of fused-ring (bicyclic) bond motifs is 2. The first-order valence-corrected chi connectivity index (χ1v) is 10.7. The molecule has 2 aromatic carbocycles. The first-order valence-electron chi connectivity index (χ1n) is 10.7. The highest BCUT2D eigenvalue weighted by molar-refractivity contribution is 5.85. The lowest BCUT2D eigenvalue weighted by Crippen LogP contribution is -2.10. The van der Waals surface area contributed by atoms with Crippen molar-refractivity contribution in [1.29, 1.82) is 0 Å². The number of aromatic amines is 1. The summed E-state index contributed by atoms with van der Waals surface area (Å²) in [5.41, 5.74) is 1.47. The van der Waals surface area contributed by atoms with Gasteiger partial charge in [-0.1, -0.05) is 6.42 Å². The van der Waals surface area contributed by atoms with Gasteiger partial charge in [-0.15, -0.1) is 0 Å². The number of hydrogen-bond donors (Lipinski definition) is 1. The van der Waals surface area contributed by atoms with E-state index in [0.717, 1.165) is 37.1 Å². The fourth-order valence-corrected chi connectivity index (χ4v) is 4.42. The van der Waals surface area contributed by atoms with Crippen molar-refractivity contribution >= 4 is 16.6 Å². The zero-order valence-corrected chi connectivity index (χ0v) is 17.5. The van der Waals surface area contributed by atoms with E-state index in [1.165, 1.54) is 24.7 Å². The molecule has 1 saturated carbocycles. The van der Waals surface area contributed by atoms with Gasteiger partial charge in [-0.3, -0.25) is 14.5 Å². The standard InChI is InChI=1S/C24H16F5N5/c25-17-6-4-13(8-16(17)24(27,28)29)19-11-34-20(10-30-19)32-22(12-2-1-3-12)23(34)14-5-7-18-15(21(14)26)9-31-33-18/h4-12H,1-3H2,(H,31,33). The number of H-pyrrole nitrogens is 1. The third kappa shape index (κ3) is 3.16. The summed E-state index contributed by atoms with van der Waals surface area (Å²) in [4.78, 5) is 8.96. The molecule has 3 aromatic heterocycles. The van der Waals surface area contributed by atoms with Crippen molar-refractivity contribution in [1.82, 2.24) is 24.6 Å². The molecule has 0 radical (unpaired) electrons. The van der Waals surface area contributed by atoms with Crippen molar-refractivity contribution in [3.05, 3.63) is 71.8 Å². The van der Waals surface area contributed by atoms with Gasteiger partial charge >= 0.3 is 6.18 Å². The Bertz CT molecular complexity index is 1560. The summed E-state index contributed by atoms with van der Waals surface area (Å²) in [6.45, 7) is 0. The van der Waals surface area contributed by atoms with Crippen LogP contribution < -0.4 is 0 Å². The zero-order valence-electron chi connectivity index (χ0n) is 17.5. The highest BCUT2D eigenvalue weighted by atomic mass is 19.4. The van der Waals surface area contributed by atoms with E-state index in [1.807, 2.05) is 0 Å². The Morgan fingerprint density at radius 2 is 1.85 bits per heavy atom. The summed E-state index contributed by atoms with van der Waals surface area (Å²) in [6, 6.07) is 6.10. The molecule has 3 heterocycles. The Kier molecular flexibility index (Phi) is 4.48. The topological polar surface area (TPSA) is 58.9 Å². The maximum atomic E-state index is 15.5. The van der Waals surface area contributed by atoms with Crippen LogP contribution >= 0.6 is 0 Å². The van der Waals surface area contributed by atoms with Crippen LogP contribution in [0.4, 0.5) is 22.0 Å². The van der Waals surface area contributed by atoms with Gasteiger partial charge in [0.2, 0.25) is 0 Å². The van der Waals surface area contributed by atoms with Crippen molar-refractivity contribution in [3.63, 3.8) is 0 Å². The summed E-state index contributed by atoms with van der Waals surface area (Å²) in [5, 5.41) is 6.97. The van der Waals surface area contributed by atoms with E-state index in [0.29, 0.717) is 27.8 Å². The molecule has 34 heavy (non-hydrogen) atoms. The highest BCUT2D eigenvalue weighted by Crippen LogP contribution is 2.43. The quantitative estimate of drug-likeness (QED) is 0.307. The molecular formula is C24H16F5N5. The van der Waals surface area contributed by atoms with Crippen LogP contribution in [-0.4, -0.2) is 24.6 Å². The molecule has 1 aliphatic carbocycles. The predicted octanol–water partition coefficient (Wildman–Crippen LogP) is 6.50. The molecule has 1 fully saturated rings. The fraction of sp³-hybridized carbons (Fsp3) is 0.208. The van der Waals surface area contributed by atoms with Crippen molar-refractivity contribution in [3.8, 4) is 22.5 Å². The monoisotopic (exact) mass is 469 g/mol. The number of alkyl halides is 3. The van der Waals surface area contributed by atoms with Crippen LogP contribution in [0.2, 0.25) is 0 Å². The molecule has 10 heteroatoms. The number of imidazole rings is 1. The lowest BCUT2D eigenvalue weighted by atomic mass is 9.81. The summed E-state index contributed by atoms with van der Waals surface area (Å²) in [6.07, 6.45) is 2.40. The van der Waals surface area contributed by atoms with Crippen LogP contribution in [0.15, 0.2) is 48.9 Å². The zero-order chi connectivity index (χ0) is 23.6. The highest BCUT2D eigenvalue weighted by Gasteiger charge is 2.34. The molecule has 0 atom stereocenters. The largest absolute Gasteiger partial charge is 0.419 e. The molecule has 0 bridgehead atoms. The van der Waals surface area contributed by atoms with Gasteiger partial charge in [0.1, 0.15) is 11.6 Å². The second-order valence-corrected chi connectivity index (χ2v) is 8.42. The molecule has 1 aliphatic rings. The smallest absolute Gasteiger partial charge is 0.296 e. The molecule has 0 amide bonds. The van der Waals surface area contributed by atoms with Crippen LogP contribution in [-0.2, 0) is 6.18 Å². The molecule has 0 spiro atoms. The van der Waals surface area contributed by atoms with E-state index in [-0.39, 0.29) is 17.2 Å². The van der Waals surface area contributed by atoms with Gasteiger partial charge in [-0.05, 0) is 43.2 Å². The molecule has 6 rings (SSSR count). The third-order valence-electron chi connectivity index (χ3n) is 6.41. The van der Waals surface area contributed by atoms with E-state index in [4.69, 9.17) is 4.98 Å². The molecule has 1 N–H and O–H groups in total. The van der Waals surface area contributed by atoms with Crippen LogP contribution in [0.3, 0.4) is 0 Å². The van der Waals surface area contributed by atoms with Crippen LogP contribution in [0.1, 0.15) is 36.4 Å². The van der Waals surface area contributed by atoms with Crippen LogP contribution in [0.25, 0.3) is 39.1 Å². The van der Waals surface area contributed by atoms with Crippen molar-refractivity contribution in [2.75, 3.05) is 0 Å². The minimum absolute atomic E-state index is 0.0891. The number of benzene rings is 2. The van der Waals surface area contributed by atoms with Gasteiger partial charge < -0.3 is 0 Å². The average Bonchev–Trinajstić information content (AvgIpc) is 3.37. The van der Waals surface area contributed by atoms with Gasteiger partial charge in [0.05, 0.1) is 45.9 Å². The van der Waals surface area contributed by atoms with E-state index < -0.39 is 23.4 Å². The minimum Gasteiger partial charge on any atom is -0.296 e. The maximum absolute atomic E-state index is 15.5. The number of aromatic nitrogens is 5. The Balaban J connectivity index is 1.58. The average molecular weight is 469 g/mol. The van der Waals surface area contributed by atoms with Gasteiger partial charge in [0, 0.05) is 23.2 Å². The number of halogens is 5. The maximum Gasteiger partial charge on any atom is 0.419 e. The summed E-state index contributed by atoms with van der Waals surface area (Å²) in [7, 11) is 0. The molecule has 172 valence electrons. The lowest BCUT2D eigenvalue weighted by Gasteiger charge is -2.24. The Labute approximate surface area is 189 Å². The number of nitrogens with zero attached hydrogens (tertiary/aromatic N) is 4. The summed E-state index contributed by atoms with van der Waals surface area (Å²) >= 11 is 0. The van der Waals surface area contributed by atoms with Crippen molar-refractivity contribution in [2.24, 2.45) is 0 Å². The van der Waals surface area contributed by atoms with Crippen LogP contribution in [0.5, 0.6) is 0 Å². The summed E-state index contributed by atoms with van der Waals surface area (Å²) < 4.78 is 70.7. The number of rotatable bonds is 3. The minimum atomic E-state index is -4.84. The SMILES string of the molecule is Fc1ccc(-c2cn3c(-c4ccc5[nH]ncc5c4F)c(C4CCC4)nc3cn2)cc1C(F)(F)F. The third-order valence-corrected chi connectivity index (χ3v) is 6.41. The van der Waals surface area contributed by atoms with Crippen molar-refractivity contribution in [2.45, 2.75) is 31.4 Å². The van der Waals surface area contributed by atoms with E-state index in [1.54, 1.807) is 16.5 Å². The van der Waals surface area contributed by atoms with Crippen LogP contribution in [0, 0.1) is 11.6 Å². The van der Waals surface area contributed by atoms with Gasteiger partial charge in [-0.25, -0.2) is 13.8 Å². The molecule has 0 unspecified atom stereocenters. The van der Waals surface area contributed by atoms with Gasteiger partial charge in [0.25, 0.3) is 0 Å². The molecular weight excluding hydrogens is 453 g/mol. The molecule has 0 saturated heterocycles. The Morgan fingerprint density at radius 3 is 2.59 bits per heavy atom. The van der Waals surface area contributed by atoms with Gasteiger partial charge in [-0.2, -0.15) is 18.3 Å². The Morgan fingerprint density at radius 1 is 1.03 bits per heavy atom. The number of hydrogen-bond acceptors (Lipinski definition) is 3. The molecule has 5 aromatic rings. The lowest BCUT2D eigenvalue weighted by molar-refractivity contribution is -0.139. The number of nitrogens with one attached hydrogen (secondary N) is 1.